The molecule has 78 heavy (non-hydrogen) atoms. The third kappa shape index (κ3) is 8.87. The summed E-state index contributed by atoms with van der Waals surface area (Å²) in [5.41, 5.74) is 13.4. The Bertz CT molecular complexity index is 4480. The van der Waals surface area contributed by atoms with E-state index in [1.165, 1.54) is 79.3 Å². The van der Waals surface area contributed by atoms with Gasteiger partial charge in [-0.05, 0) is 126 Å². The summed E-state index contributed by atoms with van der Waals surface area (Å²) >= 11 is 3.70. The SMILES string of the molecule is C=Cc1oc2c(N(c3ccc4ccccc4c3)c3cccc4c3sc3ccccc34)cccc2c1/C=C\C.CN(c1cccc(-c2ccccc2)c1)c1ccc2sc3c(N(c4ccccc4)c4ccccc4)cccc3c2c1. The molecule has 0 saturated heterocycles. The number of allylic oxidation sites excluding steroid dienone is 1. The van der Waals surface area contributed by atoms with Crippen molar-refractivity contribution in [2.24, 2.45) is 0 Å². The van der Waals surface area contributed by atoms with Crippen LogP contribution in [0.3, 0.4) is 0 Å². The Hall–Kier alpha value is -9.46. The summed E-state index contributed by atoms with van der Waals surface area (Å²) in [5.74, 6) is 0.782. The molecule has 6 heteroatoms. The first kappa shape index (κ1) is 48.2. The zero-order valence-corrected chi connectivity index (χ0v) is 44.9. The van der Waals surface area contributed by atoms with Crippen LogP contribution in [-0.4, -0.2) is 7.05 Å². The highest BCUT2D eigenvalue weighted by Gasteiger charge is 2.24. The predicted molar refractivity (Wildman–Crippen MR) is 340 cm³/mol. The van der Waals surface area contributed by atoms with Crippen molar-refractivity contribution in [2.75, 3.05) is 21.7 Å². The summed E-state index contributed by atoms with van der Waals surface area (Å²) in [6.07, 6.45) is 5.94. The molecule has 374 valence electrons. The number of anilines is 8. The Balaban J connectivity index is 0.000000149. The highest BCUT2D eigenvalue weighted by molar-refractivity contribution is 7.26. The van der Waals surface area contributed by atoms with Gasteiger partial charge < -0.3 is 19.1 Å². The smallest absolute Gasteiger partial charge is 0.159 e. The van der Waals surface area contributed by atoms with Crippen LogP contribution in [0.1, 0.15) is 18.2 Å². The topological polar surface area (TPSA) is 22.9 Å². The lowest BCUT2D eigenvalue weighted by Crippen LogP contribution is -2.10. The number of nitrogens with zero attached hydrogens (tertiary/aromatic N) is 3. The summed E-state index contributed by atoms with van der Waals surface area (Å²) in [4.78, 5) is 6.99. The molecule has 0 spiro atoms. The van der Waals surface area contributed by atoms with Gasteiger partial charge in [0.15, 0.2) is 5.58 Å². The summed E-state index contributed by atoms with van der Waals surface area (Å²) in [6, 6.07) is 90.9. The first-order valence-corrected chi connectivity index (χ1v) is 27.9. The number of hydrogen-bond donors (Lipinski definition) is 0. The quantitative estimate of drug-likeness (QED) is 0.129. The van der Waals surface area contributed by atoms with Gasteiger partial charge in [-0.15, -0.1) is 22.7 Å². The van der Waals surface area contributed by atoms with Crippen LogP contribution in [0.2, 0.25) is 0 Å². The van der Waals surface area contributed by atoms with Crippen LogP contribution in [-0.2, 0) is 0 Å². The van der Waals surface area contributed by atoms with Gasteiger partial charge in [-0.1, -0.05) is 183 Å². The van der Waals surface area contributed by atoms with Crippen LogP contribution in [0.5, 0.6) is 0 Å². The minimum Gasteiger partial charge on any atom is -0.454 e. The van der Waals surface area contributed by atoms with Gasteiger partial charge in [0.05, 0.1) is 26.5 Å². The maximum Gasteiger partial charge on any atom is 0.159 e. The molecule has 0 saturated carbocycles. The molecule has 0 aliphatic carbocycles. The van der Waals surface area contributed by atoms with Crippen molar-refractivity contribution < 1.29 is 4.42 Å². The van der Waals surface area contributed by atoms with Gasteiger partial charge in [0.1, 0.15) is 5.76 Å². The highest BCUT2D eigenvalue weighted by atomic mass is 32.1. The second-order valence-corrected chi connectivity index (χ2v) is 21.4. The van der Waals surface area contributed by atoms with Gasteiger partial charge in [-0.2, -0.15) is 0 Å². The third-order valence-corrected chi connectivity index (χ3v) is 17.0. The van der Waals surface area contributed by atoms with Crippen LogP contribution >= 0.6 is 22.7 Å². The molecule has 0 bridgehead atoms. The van der Waals surface area contributed by atoms with Crippen molar-refractivity contribution in [3.05, 3.63) is 279 Å². The van der Waals surface area contributed by atoms with E-state index in [-0.39, 0.29) is 0 Å². The van der Waals surface area contributed by atoms with Gasteiger partial charge >= 0.3 is 0 Å². The summed E-state index contributed by atoms with van der Waals surface area (Å²) < 4.78 is 11.6. The molecule has 11 aromatic carbocycles. The number of hydrogen-bond acceptors (Lipinski definition) is 6. The maximum absolute atomic E-state index is 6.51. The summed E-state index contributed by atoms with van der Waals surface area (Å²) in [7, 11) is 2.15. The molecule has 0 radical (unpaired) electrons. The zero-order valence-electron chi connectivity index (χ0n) is 43.3. The van der Waals surface area contributed by atoms with E-state index < -0.39 is 0 Å². The molecule has 0 aliphatic rings. The number of para-hydroxylation sites is 3. The molecule has 14 rings (SSSR count). The van der Waals surface area contributed by atoms with Crippen molar-refractivity contribution in [3.63, 3.8) is 0 Å². The van der Waals surface area contributed by atoms with E-state index in [1.807, 2.05) is 35.7 Å². The van der Waals surface area contributed by atoms with Crippen LogP contribution in [0.4, 0.5) is 45.5 Å². The van der Waals surface area contributed by atoms with E-state index >= 15 is 0 Å². The van der Waals surface area contributed by atoms with Gasteiger partial charge in [-0.3, -0.25) is 0 Å². The number of furan rings is 1. The van der Waals surface area contributed by atoms with E-state index in [1.54, 1.807) is 6.08 Å². The summed E-state index contributed by atoms with van der Waals surface area (Å²) in [5, 5.41) is 8.61. The number of rotatable bonds is 11. The lowest BCUT2D eigenvalue weighted by atomic mass is 10.0. The molecule has 3 heterocycles. The van der Waals surface area contributed by atoms with Crippen molar-refractivity contribution in [3.8, 4) is 11.1 Å². The van der Waals surface area contributed by atoms with Gasteiger partial charge in [-0.25, -0.2) is 0 Å². The molecule has 0 unspecified atom stereocenters. The standard InChI is InChI=1S/C37H28N2S.C35H25NOS/c1-38(31-20-11-15-28(25-31)27-13-5-2-6-14-27)32-23-24-36-34(26-32)33-21-12-22-35(37(33)40-36)39(29-16-7-3-8-17-29)30-18-9-4-10-19-30;1-3-11-26-28-15-9-17-30(34(28)37-32(26)4-2)36(25-21-20-23-12-5-6-13-24(23)22-25)31-18-10-16-29-27-14-7-8-19-33(27)38-35(29)31/h2-26H,1H3;3-22H,2H2,1H3/b;11-3-. The van der Waals surface area contributed by atoms with Crippen LogP contribution in [0, 0.1) is 0 Å². The first-order chi connectivity index (χ1) is 38.5. The Kier molecular flexibility index (Phi) is 12.9. The fourth-order valence-corrected chi connectivity index (χ4v) is 13.2. The van der Waals surface area contributed by atoms with Crippen molar-refractivity contribution in [1.29, 1.82) is 0 Å². The zero-order chi connectivity index (χ0) is 52.5. The Morgan fingerprint density at radius 1 is 0.397 bits per heavy atom. The minimum absolute atomic E-state index is 0.782. The van der Waals surface area contributed by atoms with Crippen molar-refractivity contribution in [1.82, 2.24) is 0 Å². The van der Waals surface area contributed by atoms with Gasteiger partial charge in [0.2, 0.25) is 0 Å². The number of benzene rings is 11. The van der Waals surface area contributed by atoms with E-state index in [9.17, 15) is 0 Å². The molecule has 0 atom stereocenters. The van der Waals surface area contributed by atoms with Gasteiger partial charge in [0, 0.05) is 77.4 Å². The molecule has 0 aliphatic heterocycles. The first-order valence-electron chi connectivity index (χ1n) is 26.3. The highest BCUT2D eigenvalue weighted by Crippen LogP contribution is 2.49. The molecular weight excluding hydrogens is 987 g/mol. The molecule has 0 amide bonds. The predicted octanol–water partition coefficient (Wildman–Crippen LogP) is 22.1. The summed E-state index contributed by atoms with van der Waals surface area (Å²) in [6.45, 7) is 6.05. The number of fused-ring (bicyclic) bond motifs is 8. The molecule has 0 N–H and O–H groups in total. The van der Waals surface area contributed by atoms with Gasteiger partial charge in [0.25, 0.3) is 0 Å². The van der Waals surface area contributed by atoms with E-state index in [0.717, 1.165) is 50.7 Å². The van der Waals surface area contributed by atoms with Crippen molar-refractivity contribution >= 4 is 142 Å². The third-order valence-electron chi connectivity index (χ3n) is 14.6. The average Bonchev–Trinajstić information content (AvgIpc) is 4.34. The minimum atomic E-state index is 0.782. The van der Waals surface area contributed by atoms with Crippen LogP contribution in [0.15, 0.2) is 272 Å². The monoisotopic (exact) mass is 1040 g/mol. The lowest BCUT2D eigenvalue weighted by molar-refractivity contribution is 0.604. The normalized spacial score (nSPS) is 11.5. The largest absolute Gasteiger partial charge is 0.454 e. The maximum atomic E-state index is 6.51. The molecule has 14 aromatic rings. The van der Waals surface area contributed by atoms with Crippen LogP contribution in [0.25, 0.3) is 85.4 Å². The fraction of sp³-hybridized carbons (Fsp3) is 0.0278. The van der Waals surface area contributed by atoms with E-state index in [2.05, 4.69) is 289 Å². The molecule has 3 aromatic heterocycles. The second-order valence-electron chi connectivity index (χ2n) is 19.3. The van der Waals surface area contributed by atoms with E-state index in [0.29, 0.717) is 0 Å². The van der Waals surface area contributed by atoms with E-state index in [4.69, 9.17) is 4.42 Å². The molecular formula is C72H53N3OS2. The Labute approximate surface area is 462 Å². The molecule has 0 fully saturated rings. The van der Waals surface area contributed by atoms with Crippen LogP contribution < -0.4 is 14.7 Å². The average molecular weight is 1040 g/mol. The number of thiophene rings is 2. The Morgan fingerprint density at radius 3 is 1.63 bits per heavy atom. The fourth-order valence-electron chi connectivity index (χ4n) is 10.9. The lowest BCUT2D eigenvalue weighted by Gasteiger charge is -2.26. The van der Waals surface area contributed by atoms with Crippen molar-refractivity contribution in [2.45, 2.75) is 6.92 Å². The molecule has 4 nitrogen and oxygen atoms in total. The second kappa shape index (κ2) is 20.9. The Morgan fingerprint density at radius 2 is 0.923 bits per heavy atom.